The number of nitrogens with zero attached hydrogens (tertiary/aromatic N) is 12. The first-order chi connectivity index (χ1) is 34.2. The van der Waals surface area contributed by atoms with Crippen LogP contribution in [-0.4, -0.2) is 184 Å². The number of nitrogens with two attached hydrogens (primary N) is 2. The van der Waals surface area contributed by atoms with Crippen LogP contribution < -0.4 is 21.7 Å². The number of methoxy groups -OCH3 is 1. The third kappa shape index (κ3) is 11.9. The number of nitrogens with one attached hydrogen (secondary N) is 1. The molecule has 5 N–H and O–H groups in total. The van der Waals surface area contributed by atoms with Gasteiger partial charge in [-0.15, -0.1) is 0 Å². The average molecular weight is 960 g/mol. The van der Waals surface area contributed by atoms with E-state index < -0.39 is 0 Å². The fourth-order valence-corrected chi connectivity index (χ4v) is 9.13. The van der Waals surface area contributed by atoms with Crippen molar-refractivity contribution < 1.29 is 33.0 Å². The van der Waals surface area contributed by atoms with Gasteiger partial charge in [0, 0.05) is 116 Å². The van der Waals surface area contributed by atoms with E-state index in [1.165, 1.54) is 19.0 Å². The fraction of sp³-hybridized carbons (Fsp3) is 0.479. The first-order valence-electron chi connectivity index (χ1n) is 23.9. The van der Waals surface area contributed by atoms with Gasteiger partial charge in [0.25, 0.3) is 6.01 Å². The van der Waals surface area contributed by atoms with Crippen molar-refractivity contribution in [3.05, 3.63) is 77.4 Å². The Morgan fingerprint density at radius 2 is 1.47 bits per heavy atom. The third-order valence-electron chi connectivity index (χ3n) is 13.1. The predicted octanol–water partition coefficient (Wildman–Crippen LogP) is 1.56. The van der Waals surface area contributed by atoms with Crippen LogP contribution in [0.3, 0.4) is 0 Å². The molecule has 0 spiro atoms. The van der Waals surface area contributed by atoms with Crippen molar-refractivity contribution in [3.8, 4) is 11.3 Å². The van der Waals surface area contributed by atoms with E-state index in [4.69, 9.17) is 35.2 Å². The van der Waals surface area contributed by atoms with Crippen LogP contribution in [0, 0.1) is 0 Å². The summed E-state index contributed by atoms with van der Waals surface area (Å²) in [7, 11) is 1.48. The molecular weight excluding hydrogens is 899 g/mol. The Labute approximate surface area is 405 Å². The summed E-state index contributed by atoms with van der Waals surface area (Å²) in [5.74, 6) is 0.958. The number of ether oxygens (including phenoxy) is 3. The Morgan fingerprint density at radius 1 is 0.757 bits per heavy atom. The molecule has 3 amide bonds. The van der Waals surface area contributed by atoms with Crippen LogP contribution in [0.2, 0.25) is 0 Å². The standard InChI is InChI=1S/C48H61N15O7/c1-67-31-40(64)51-26-34-27-52-48(53-28-34)61-16-14-60(15-17-61)41(65)7-20-68-22-18-58-10-12-59(13-11-58)19-23-69-21-8-42(66)62-9-6-35-24-33(2-3-37(35)30-62)29-63-46-43(45(49)54-32-55-46)44(57-63)36-4-5-39-38(25-36)56-47(50)70-39/h2-5,24-25,27-28,32H,6-23,26,29-31H2,1H3,(H2,50,56)(H,51,64)(H2,49,54,55). The molecule has 22 heteroatoms. The third-order valence-corrected chi connectivity index (χ3v) is 13.1. The Balaban J connectivity index is 0.621. The number of benzene rings is 2. The summed E-state index contributed by atoms with van der Waals surface area (Å²) in [6.07, 6.45) is 6.34. The Morgan fingerprint density at radius 3 is 2.19 bits per heavy atom. The maximum absolute atomic E-state index is 13.2. The lowest BCUT2D eigenvalue weighted by Crippen LogP contribution is -2.49. The van der Waals surface area contributed by atoms with Gasteiger partial charge in [0.2, 0.25) is 23.7 Å². The predicted molar refractivity (Wildman–Crippen MR) is 260 cm³/mol. The monoisotopic (exact) mass is 959 g/mol. The molecular formula is C48H61N15O7. The molecule has 0 aliphatic carbocycles. The minimum Gasteiger partial charge on any atom is -0.424 e. The number of fused-ring (bicyclic) bond motifs is 3. The molecule has 3 aliphatic rings. The van der Waals surface area contributed by atoms with E-state index >= 15 is 0 Å². The van der Waals surface area contributed by atoms with Gasteiger partial charge in [-0.1, -0.05) is 18.2 Å². The number of oxazole rings is 1. The average Bonchev–Trinajstić information content (AvgIpc) is 3.95. The topological polar surface area (TPSA) is 255 Å². The van der Waals surface area contributed by atoms with Crippen molar-refractivity contribution in [3.63, 3.8) is 0 Å². The minimum atomic E-state index is -0.195. The van der Waals surface area contributed by atoms with E-state index in [1.807, 2.05) is 32.7 Å². The second kappa shape index (κ2) is 22.7. The number of rotatable bonds is 20. The van der Waals surface area contributed by atoms with Gasteiger partial charge in [0.15, 0.2) is 11.2 Å². The molecule has 370 valence electrons. The van der Waals surface area contributed by atoms with E-state index in [0.29, 0.717) is 131 Å². The quantitative estimate of drug-likeness (QED) is 0.0918. The highest BCUT2D eigenvalue weighted by atomic mass is 16.5. The van der Waals surface area contributed by atoms with Gasteiger partial charge in [-0.2, -0.15) is 10.1 Å². The Kier molecular flexibility index (Phi) is 15.6. The number of carbonyl (C=O) groups excluding carboxylic acids is 3. The van der Waals surface area contributed by atoms with Gasteiger partial charge in [0.1, 0.15) is 30.0 Å². The van der Waals surface area contributed by atoms with Crippen molar-refractivity contribution in [2.45, 2.75) is 38.9 Å². The van der Waals surface area contributed by atoms with Gasteiger partial charge < -0.3 is 50.1 Å². The van der Waals surface area contributed by atoms with Crippen molar-refractivity contribution in [1.29, 1.82) is 0 Å². The molecule has 0 bridgehead atoms. The highest BCUT2D eigenvalue weighted by Gasteiger charge is 2.25. The van der Waals surface area contributed by atoms with Gasteiger partial charge in [-0.3, -0.25) is 24.2 Å². The van der Waals surface area contributed by atoms with Crippen LogP contribution in [0.15, 0.2) is 59.5 Å². The highest BCUT2D eigenvalue weighted by Crippen LogP contribution is 2.33. The molecule has 22 nitrogen and oxygen atoms in total. The number of hydrogen-bond donors (Lipinski definition) is 3. The first kappa shape index (κ1) is 48.2. The van der Waals surface area contributed by atoms with Crippen LogP contribution in [0.4, 0.5) is 17.8 Å². The summed E-state index contributed by atoms with van der Waals surface area (Å²) in [6, 6.07) is 12.1. The molecule has 0 unspecified atom stereocenters. The lowest BCUT2D eigenvalue weighted by atomic mass is 9.97. The van der Waals surface area contributed by atoms with E-state index in [0.717, 1.165) is 67.9 Å². The van der Waals surface area contributed by atoms with Crippen LogP contribution in [0.25, 0.3) is 33.4 Å². The van der Waals surface area contributed by atoms with E-state index in [1.54, 1.807) is 12.4 Å². The lowest BCUT2D eigenvalue weighted by Gasteiger charge is -2.35. The number of carbonyl (C=O) groups is 3. The van der Waals surface area contributed by atoms with Crippen LogP contribution in [0.5, 0.6) is 0 Å². The number of anilines is 3. The van der Waals surface area contributed by atoms with E-state index in [9.17, 15) is 14.4 Å². The zero-order valence-corrected chi connectivity index (χ0v) is 39.6. The van der Waals surface area contributed by atoms with Crippen LogP contribution in [-0.2, 0) is 54.6 Å². The first-order valence-corrected chi connectivity index (χ1v) is 23.9. The molecule has 0 saturated carbocycles. The normalized spacial score (nSPS) is 15.8. The lowest BCUT2D eigenvalue weighted by molar-refractivity contribution is -0.133. The van der Waals surface area contributed by atoms with Gasteiger partial charge >= 0.3 is 0 Å². The van der Waals surface area contributed by atoms with Gasteiger partial charge in [-0.25, -0.2) is 24.6 Å². The molecule has 9 rings (SSSR count). The summed E-state index contributed by atoms with van der Waals surface area (Å²) < 4.78 is 23.9. The second-order valence-corrected chi connectivity index (χ2v) is 17.7. The molecule has 0 radical (unpaired) electrons. The largest absolute Gasteiger partial charge is 0.424 e. The Bertz CT molecular complexity index is 2750. The van der Waals surface area contributed by atoms with Crippen molar-refractivity contribution >= 4 is 57.6 Å². The van der Waals surface area contributed by atoms with E-state index in [2.05, 4.69) is 63.1 Å². The van der Waals surface area contributed by atoms with Crippen molar-refractivity contribution in [2.24, 2.45) is 0 Å². The number of nitrogen functional groups attached to an aromatic ring is 2. The molecule has 2 aromatic carbocycles. The van der Waals surface area contributed by atoms with Crippen molar-refractivity contribution in [2.75, 3.05) is 129 Å². The fourth-order valence-electron chi connectivity index (χ4n) is 9.13. The second-order valence-electron chi connectivity index (χ2n) is 17.7. The zero-order valence-electron chi connectivity index (χ0n) is 39.6. The maximum Gasteiger partial charge on any atom is 0.292 e. The smallest absolute Gasteiger partial charge is 0.292 e. The maximum atomic E-state index is 13.2. The summed E-state index contributed by atoms with van der Waals surface area (Å²) in [5.41, 5.74) is 19.7. The molecule has 2 fully saturated rings. The summed E-state index contributed by atoms with van der Waals surface area (Å²) >= 11 is 0. The molecule has 7 heterocycles. The molecule has 2 saturated heterocycles. The summed E-state index contributed by atoms with van der Waals surface area (Å²) in [4.78, 5) is 70.3. The summed E-state index contributed by atoms with van der Waals surface area (Å²) in [6.45, 7) is 12.0. The Hall–Kier alpha value is -6.85. The summed E-state index contributed by atoms with van der Waals surface area (Å²) in [5, 5.41) is 8.37. The number of amides is 3. The number of aromatic nitrogens is 7. The molecule has 0 atom stereocenters. The molecule has 70 heavy (non-hydrogen) atoms. The van der Waals surface area contributed by atoms with Crippen molar-refractivity contribution in [1.82, 2.24) is 59.6 Å². The molecule has 4 aromatic heterocycles. The zero-order chi connectivity index (χ0) is 48.4. The SMILES string of the molecule is COCC(=O)NCc1cnc(N2CCN(C(=O)CCOCCN3CCN(CCOCCC(=O)N4CCc5cc(Cn6nc(-c7ccc8oc(N)nc8c7)c7c(N)ncnc76)ccc5C4)CC3)CC2)nc1. The minimum absolute atomic E-state index is 0.0106. The number of hydrogen-bond acceptors (Lipinski definition) is 18. The van der Waals surface area contributed by atoms with Gasteiger partial charge in [-0.05, 0) is 41.3 Å². The highest BCUT2D eigenvalue weighted by molar-refractivity contribution is 5.99. The van der Waals surface area contributed by atoms with Gasteiger partial charge in [0.05, 0.1) is 51.2 Å². The molecule has 6 aromatic rings. The van der Waals surface area contributed by atoms with E-state index in [-0.39, 0.29) is 30.3 Å². The van der Waals surface area contributed by atoms with Crippen LogP contribution >= 0.6 is 0 Å². The van der Waals surface area contributed by atoms with Crippen LogP contribution in [0.1, 0.15) is 35.1 Å². The number of piperazine rings is 2. The molecule has 3 aliphatic heterocycles.